The Kier molecular flexibility index (Phi) is 5.63. The van der Waals surface area contributed by atoms with E-state index in [1.54, 1.807) is 18.2 Å². The molecule has 0 aliphatic heterocycles. The molecular weight excluding hydrogens is 304 g/mol. The maximum Gasteiger partial charge on any atom is 0.319 e. The lowest BCUT2D eigenvalue weighted by Crippen LogP contribution is -2.34. The smallest absolute Gasteiger partial charge is 0.319 e. The standard InChI is InChI=1S/C16H17ClN2O3/c1-22-15-8-7-12(17)9-13(15)18-16(21)19-14(10-20)11-5-3-2-4-6-11/h2-9,14,20H,10H2,1H3,(H2,18,19,21). The minimum Gasteiger partial charge on any atom is -0.495 e. The molecule has 2 amide bonds. The van der Waals surface area contributed by atoms with Gasteiger partial charge in [0.15, 0.2) is 0 Å². The summed E-state index contributed by atoms with van der Waals surface area (Å²) < 4.78 is 5.17. The number of carbonyl (C=O) groups is 1. The van der Waals surface area contributed by atoms with Crippen molar-refractivity contribution in [3.05, 3.63) is 59.1 Å². The molecule has 0 heterocycles. The number of halogens is 1. The zero-order valence-electron chi connectivity index (χ0n) is 12.0. The maximum atomic E-state index is 12.1. The van der Waals surface area contributed by atoms with E-state index < -0.39 is 12.1 Å². The molecule has 0 saturated heterocycles. The number of methoxy groups -OCH3 is 1. The third-order valence-electron chi connectivity index (χ3n) is 3.10. The summed E-state index contributed by atoms with van der Waals surface area (Å²) >= 11 is 5.92. The minimum atomic E-state index is -0.494. The van der Waals surface area contributed by atoms with Crippen LogP contribution in [0.3, 0.4) is 0 Å². The number of benzene rings is 2. The zero-order chi connectivity index (χ0) is 15.9. The molecule has 5 nitrogen and oxygen atoms in total. The van der Waals surface area contributed by atoms with E-state index in [1.807, 2.05) is 30.3 Å². The number of nitrogens with one attached hydrogen (secondary N) is 2. The second kappa shape index (κ2) is 7.68. The molecule has 0 fully saturated rings. The summed E-state index contributed by atoms with van der Waals surface area (Å²) in [5.41, 5.74) is 1.27. The molecule has 116 valence electrons. The molecule has 3 N–H and O–H groups in total. The molecule has 2 rings (SSSR count). The van der Waals surface area contributed by atoms with Crippen LogP contribution in [0, 0.1) is 0 Å². The predicted octanol–water partition coefficient (Wildman–Crippen LogP) is 3.20. The quantitative estimate of drug-likeness (QED) is 0.792. The highest BCUT2D eigenvalue weighted by atomic mass is 35.5. The molecular formula is C16H17ClN2O3. The van der Waals surface area contributed by atoms with Crippen LogP contribution in [0.2, 0.25) is 5.02 Å². The summed E-state index contributed by atoms with van der Waals surface area (Å²) in [6, 6.07) is 13.2. The first-order valence-corrected chi connectivity index (χ1v) is 7.08. The second-order valence-electron chi connectivity index (χ2n) is 4.59. The van der Waals surface area contributed by atoms with Crippen LogP contribution < -0.4 is 15.4 Å². The molecule has 0 aliphatic rings. The number of anilines is 1. The van der Waals surface area contributed by atoms with Crippen LogP contribution in [0.15, 0.2) is 48.5 Å². The van der Waals surface area contributed by atoms with E-state index in [0.717, 1.165) is 5.56 Å². The van der Waals surface area contributed by atoms with Crippen molar-refractivity contribution in [2.75, 3.05) is 19.0 Å². The summed E-state index contributed by atoms with van der Waals surface area (Å²) in [6.07, 6.45) is 0. The van der Waals surface area contributed by atoms with E-state index in [1.165, 1.54) is 7.11 Å². The first-order valence-electron chi connectivity index (χ1n) is 6.71. The van der Waals surface area contributed by atoms with Gasteiger partial charge in [0.1, 0.15) is 5.75 Å². The average molecular weight is 321 g/mol. The van der Waals surface area contributed by atoms with Crippen LogP contribution >= 0.6 is 11.6 Å². The van der Waals surface area contributed by atoms with Crippen molar-refractivity contribution in [2.24, 2.45) is 0 Å². The summed E-state index contributed by atoms with van der Waals surface area (Å²) in [5, 5.41) is 15.3. The Balaban J connectivity index is 2.08. The number of hydrogen-bond donors (Lipinski definition) is 3. The average Bonchev–Trinajstić information content (AvgIpc) is 2.53. The van der Waals surface area contributed by atoms with E-state index in [-0.39, 0.29) is 6.61 Å². The SMILES string of the molecule is COc1ccc(Cl)cc1NC(=O)NC(CO)c1ccccc1. The van der Waals surface area contributed by atoms with Crippen LogP contribution in [0.4, 0.5) is 10.5 Å². The van der Waals surface area contributed by atoms with E-state index >= 15 is 0 Å². The van der Waals surface area contributed by atoms with Gasteiger partial charge in [0.25, 0.3) is 0 Å². The number of amides is 2. The third kappa shape index (κ3) is 4.13. The highest BCUT2D eigenvalue weighted by molar-refractivity contribution is 6.31. The fourth-order valence-corrected chi connectivity index (χ4v) is 2.19. The van der Waals surface area contributed by atoms with Gasteiger partial charge in [-0.05, 0) is 23.8 Å². The lowest BCUT2D eigenvalue weighted by atomic mass is 10.1. The van der Waals surface area contributed by atoms with Gasteiger partial charge in [-0.25, -0.2) is 4.79 Å². The Labute approximate surface area is 133 Å². The molecule has 0 saturated carbocycles. The van der Waals surface area contributed by atoms with Gasteiger partial charge in [0.2, 0.25) is 0 Å². The first kappa shape index (κ1) is 16.1. The third-order valence-corrected chi connectivity index (χ3v) is 3.33. The Morgan fingerprint density at radius 2 is 2.00 bits per heavy atom. The number of urea groups is 1. The first-order chi connectivity index (χ1) is 10.6. The minimum absolute atomic E-state index is 0.204. The maximum absolute atomic E-state index is 12.1. The van der Waals surface area contributed by atoms with Crippen LogP contribution in [0.5, 0.6) is 5.75 Å². The fraction of sp³-hybridized carbons (Fsp3) is 0.188. The van der Waals surface area contributed by atoms with Gasteiger partial charge in [-0.2, -0.15) is 0 Å². The molecule has 6 heteroatoms. The zero-order valence-corrected chi connectivity index (χ0v) is 12.8. The van der Waals surface area contributed by atoms with Gasteiger partial charge >= 0.3 is 6.03 Å². The Hall–Kier alpha value is -2.24. The predicted molar refractivity (Wildman–Crippen MR) is 86.4 cm³/mol. The monoisotopic (exact) mass is 320 g/mol. The summed E-state index contributed by atoms with van der Waals surface area (Å²) in [5.74, 6) is 0.500. The molecule has 1 unspecified atom stereocenters. The van der Waals surface area contributed by atoms with Crippen molar-refractivity contribution in [2.45, 2.75) is 6.04 Å². The molecule has 0 radical (unpaired) electrons. The van der Waals surface area contributed by atoms with Crippen LogP contribution in [-0.2, 0) is 0 Å². The molecule has 1 atom stereocenters. The van der Waals surface area contributed by atoms with E-state index in [9.17, 15) is 9.90 Å². The molecule has 0 spiro atoms. The van der Waals surface area contributed by atoms with Gasteiger partial charge in [-0.3, -0.25) is 0 Å². The summed E-state index contributed by atoms with van der Waals surface area (Å²) in [7, 11) is 1.51. The lowest BCUT2D eigenvalue weighted by Gasteiger charge is -2.18. The molecule has 0 aliphatic carbocycles. The number of carbonyl (C=O) groups excluding carboxylic acids is 1. The lowest BCUT2D eigenvalue weighted by molar-refractivity contribution is 0.225. The number of aliphatic hydroxyl groups excluding tert-OH is 1. The molecule has 0 bridgehead atoms. The highest BCUT2D eigenvalue weighted by Gasteiger charge is 2.14. The van der Waals surface area contributed by atoms with E-state index in [0.29, 0.717) is 16.5 Å². The van der Waals surface area contributed by atoms with Crippen LogP contribution in [0.1, 0.15) is 11.6 Å². The van der Waals surface area contributed by atoms with Crippen molar-refractivity contribution in [3.8, 4) is 5.75 Å². The van der Waals surface area contributed by atoms with Gasteiger partial charge < -0.3 is 20.5 Å². The van der Waals surface area contributed by atoms with Gasteiger partial charge in [-0.15, -0.1) is 0 Å². The van der Waals surface area contributed by atoms with Gasteiger partial charge in [-0.1, -0.05) is 41.9 Å². The molecule has 2 aromatic carbocycles. The molecule has 22 heavy (non-hydrogen) atoms. The largest absolute Gasteiger partial charge is 0.495 e. The number of ether oxygens (including phenoxy) is 1. The van der Waals surface area contributed by atoms with Gasteiger partial charge in [0, 0.05) is 5.02 Å². The number of hydrogen-bond acceptors (Lipinski definition) is 3. The second-order valence-corrected chi connectivity index (χ2v) is 5.03. The van der Waals surface area contributed by atoms with E-state index in [4.69, 9.17) is 16.3 Å². The molecule has 0 aromatic heterocycles. The van der Waals surface area contributed by atoms with Gasteiger partial charge in [0.05, 0.1) is 25.4 Å². The Bertz CT molecular complexity index is 635. The van der Waals surface area contributed by atoms with Crippen molar-refractivity contribution in [1.82, 2.24) is 5.32 Å². The fourth-order valence-electron chi connectivity index (χ4n) is 2.01. The molecule has 2 aromatic rings. The Morgan fingerprint density at radius 1 is 1.27 bits per heavy atom. The van der Waals surface area contributed by atoms with Crippen molar-refractivity contribution in [1.29, 1.82) is 0 Å². The number of aliphatic hydroxyl groups is 1. The normalized spacial score (nSPS) is 11.6. The summed E-state index contributed by atoms with van der Waals surface area (Å²) in [4.78, 5) is 12.1. The number of rotatable bonds is 5. The van der Waals surface area contributed by atoms with Crippen molar-refractivity contribution >= 4 is 23.3 Å². The van der Waals surface area contributed by atoms with Crippen molar-refractivity contribution < 1.29 is 14.6 Å². The topological polar surface area (TPSA) is 70.6 Å². The summed E-state index contributed by atoms with van der Waals surface area (Å²) in [6.45, 7) is -0.204. The van der Waals surface area contributed by atoms with Crippen LogP contribution in [0.25, 0.3) is 0 Å². The highest BCUT2D eigenvalue weighted by Crippen LogP contribution is 2.27. The van der Waals surface area contributed by atoms with E-state index in [2.05, 4.69) is 10.6 Å². The van der Waals surface area contributed by atoms with Crippen LogP contribution in [-0.4, -0.2) is 24.9 Å². The Morgan fingerprint density at radius 3 is 2.64 bits per heavy atom. The van der Waals surface area contributed by atoms with Crippen molar-refractivity contribution in [3.63, 3.8) is 0 Å².